The van der Waals surface area contributed by atoms with Crippen LogP contribution in [0, 0.1) is 12.3 Å². The maximum Gasteiger partial charge on any atom is 0.0897 e. The summed E-state index contributed by atoms with van der Waals surface area (Å²) in [6, 6.07) is 0.374. The van der Waals surface area contributed by atoms with Crippen molar-refractivity contribution < 1.29 is 5.11 Å². The van der Waals surface area contributed by atoms with Gasteiger partial charge in [0, 0.05) is 23.7 Å². The molecule has 0 bridgehead atoms. The summed E-state index contributed by atoms with van der Waals surface area (Å²) in [6.07, 6.45) is 4.09. The quantitative estimate of drug-likeness (QED) is 0.737. The fraction of sp³-hybridized carbons (Fsp3) is 0.769. The highest BCUT2D eigenvalue weighted by Gasteiger charge is 2.15. The van der Waals surface area contributed by atoms with Gasteiger partial charge in [-0.25, -0.2) is 4.98 Å². The number of aliphatic hydroxyl groups is 1. The van der Waals surface area contributed by atoms with Crippen molar-refractivity contribution in [1.29, 1.82) is 0 Å². The summed E-state index contributed by atoms with van der Waals surface area (Å²) in [6.45, 7) is 9.65. The Labute approximate surface area is 108 Å². The van der Waals surface area contributed by atoms with E-state index in [0.717, 1.165) is 24.4 Å². The van der Waals surface area contributed by atoms with Gasteiger partial charge in [-0.15, -0.1) is 11.3 Å². The molecule has 0 aliphatic rings. The Bertz CT molecular complexity index is 336. The van der Waals surface area contributed by atoms with Crippen molar-refractivity contribution in [3.63, 3.8) is 0 Å². The van der Waals surface area contributed by atoms with Crippen LogP contribution < -0.4 is 5.32 Å². The Hall–Kier alpha value is -0.450. The van der Waals surface area contributed by atoms with Gasteiger partial charge >= 0.3 is 0 Å². The van der Waals surface area contributed by atoms with E-state index in [1.165, 1.54) is 4.88 Å². The molecule has 0 radical (unpaired) electrons. The minimum Gasteiger partial charge on any atom is -0.396 e. The van der Waals surface area contributed by atoms with Crippen LogP contribution in [0.25, 0.3) is 0 Å². The molecule has 0 saturated carbocycles. The van der Waals surface area contributed by atoms with Crippen molar-refractivity contribution in [2.45, 2.75) is 46.6 Å². The molecule has 0 aromatic carbocycles. The van der Waals surface area contributed by atoms with Gasteiger partial charge in [0.1, 0.15) is 0 Å². The highest BCUT2D eigenvalue weighted by atomic mass is 32.1. The zero-order chi connectivity index (χ0) is 12.9. The van der Waals surface area contributed by atoms with Crippen molar-refractivity contribution in [3.8, 4) is 0 Å². The van der Waals surface area contributed by atoms with Crippen LogP contribution in [-0.4, -0.2) is 23.2 Å². The molecule has 1 atom stereocenters. The molecular weight excluding hydrogens is 232 g/mol. The van der Waals surface area contributed by atoms with Gasteiger partial charge in [0.25, 0.3) is 0 Å². The molecule has 1 heterocycles. The first-order chi connectivity index (χ1) is 7.94. The Kier molecular flexibility index (Phi) is 5.56. The number of aliphatic hydroxyl groups excluding tert-OH is 1. The number of aromatic nitrogens is 1. The van der Waals surface area contributed by atoms with E-state index in [1.807, 2.05) is 13.1 Å². The molecule has 3 nitrogen and oxygen atoms in total. The molecule has 0 amide bonds. The molecule has 0 spiro atoms. The molecule has 1 aromatic heterocycles. The molecule has 2 N–H and O–H groups in total. The minimum absolute atomic E-state index is 0.0476. The van der Waals surface area contributed by atoms with Gasteiger partial charge in [-0.05, 0) is 38.6 Å². The Morgan fingerprint density at radius 3 is 2.76 bits per heavy atom. The monoisotopic (exact) mass is 256 g/mol. The van der Waals surface area contributed by atoms with Crippen LogP contribution in [0.4, 0.5) is 0 Å². The molecule has 17 heavy (non-hydrogen) atoms. The maximum atomic E-state index is 9.16. The summed E-state index contributed by atoms with van der Waals surface area (Å²) >= 11 is 1.75. The van der Waals surface area contributed by atoms with Crippen LogP contribution >= 0.6 is 11.3 Å². The second-order valence-electron chi connectivity index (χ2n) is 5.38. The second-order valence-corrected chi connectivity index (χ2v) is 6.65. The molecule has 98 valence electrons. The first-order valence-corrected chi connectivity index (χ1v) is 7.03. The number of rotatable bonds is 7. The van der Waals surface area contributed by atoms with E-state index in [1.54, 1.807) is 11.3 Å². The molecule has 0 saturated heterocycles. The van der Waals surface area contributed by atoms with Gasteiger partial charge in [0.2, 0.25) is 0 Å². The number of hydrogen-bond donors (Lipinski definition) is 2. The normalized spacial score (nSPS) is 13.9. The standard InChI is InChI=1S/C13H24N2OS/c1-10(12-8-15-11(2)17-12)14-7-5-6-13(3,4)9-16/h8,10,14,16H,5-7,9H2,1-4H3. The van der Waals surface area contributed by atoms with E-state index in [0.29, 0.717) is 6.04 Å². The summed E-state index contributed by atoms with van der Waals surface area (Å²) in [5.74, 6) is 0. The third-order valence-electron chi connectivity index (χ3n) is 2.97. The van der Waals surface area contributed by atoms with E-state index >= 15 is 0 Å². The van der Waals surface area contributed by atoms with Crippen LogP contribution in [0.3, 0.4) is 0 Å². The average Bonchev–Trinajstić information content (AvgIpc) is 2.71. The summed E-state index contributed by atoms with van der Waals surface area (Å²) < 4.78 is 0. The summed E-state index contributed by atoms with van der Waals surface area (Å²) in [5.41, 5.74) is 0.0476. The van der Waals surface area contributed by atoms with Crippen molar-refractivity contribution in [2.75, 3.05) is 13.2 Å². The van der Waals surface area contributed by atoms with E-state index in [9.17, 15) is 0 Å². The molecular formula is C13H24N2OS. The Morgan fingerprint density at radius 2 is 2.24 bits per heavy atom. The second kappa shape index (κ2) is 6.47. The largest absolute Gasteiger partial charge is 0.396 e. The highest BCUT2D eigenvalue weighted by molar-refractivity contribution is 7.11. The summed E-state index contributed by atoms with van der Waals surface area (Å²) in [5, 5.41) is 13.8. The van der Waals surface area contributed by atoms with Crippen LogP contribution in [0.15, 0.2) is 6.20 Å². The Morgan fingerprint density at radius 1 is 1.53 bits per heavy atom. The van der Waals surface area contributed by atoms with Gasteiger partial charge in [-0.1, -0.05) is 13.8 Å². The molecule has 0 fully saturated rings. The molecule has 1 unspecified atom stereocenters. The van der Waals surface area contributed by atoms with Gasteiger partial charge < -0.3 is 10.4 Å². The number of thiazole rings is 1. The van der Waals surface area contributed by atoms with Crippen molar-refractivity contribution in [3.05, 3.63) is 16.1 Å². The topological polar surface area (TPSA) is 45.2 Å². The van der Waals surface area contributed by atoms with Crippen molar-refractivity contribution in [2.24, 2.45) is 5.41 Å². The first-order valence-electron chi connectivity index (χ1n) is 6.21. The lowest BCUT2D eigenvalue weighted by atomic mass is 9.89. The highest BCUT2D eigenvalue weighted by Crippen LogP contribution is 2.22. The lowest BCUT2D eigenvalue weighted by molar-refractivity contribution is 0.147. The van der Waals surface area contributed by atoms with Gasteiger partial charge in [-0.2, -0.15) is 0 Å². The predicted octanol–water partition coefficient (Wildman–Crippen LogP) is 2.90. The van der Waals surface area contributed by atoms with E-state index < -0.39 is 0 Å². The SMILES string of the molecule is Cc1ncc(C(C)NCCCC(C)(C)CO)s1. The number of nitrogens with zero attached hydrogens (tertiary/aromatic N) is 1. The first kappa shape index (κ1) is 14.6. The average molecular weight is 256 g/mol. The zero-order valence-corrected chi connectivity index (χ0v) is 12.1. The number of hydrogen-bond acceptors (Lipinski definition) is 4. The molecule has 0 aliphatic carbocycles. The molecule has 1 aromatic rings. The van der Waals surface area contributed by atoms with Gasteiger partial charge in [0.05, 0.1) is 5.01 Å². The van der Waals surface area contributed by atoms with Gasteiger partial charge in [0.15, 0.2) is 0 Å². The van der Waals surface area contributed by atoms with Crippen LogP contribution in [0.5, 0.6) is 0 Å². The Balaban J connectivity index is 2.23. The third kappa shape index (κ3) is 5.15. The number of aryl methyl sites for hydroxylation is 1. The van der Waals surface area contributed by atoms with E-state index in [2.05, 4.69) is 31.1 Å². The van der Waals surface area contributed by atoms with Crippen LogP contribution in [0.1, 0.15) is 49.5 Å². The lowest BCUT2D eigenvalue weighted by Crippen LogP contribution is -2.22. The van der Waals surface area contributed by atoms with Crippen LogP contribution in [0.2, 0.25) is 0 Å². The van der Waals surface area contributed by atoms with Gasteiger partial charge in [-0.3, -0.25) is 0 Å². The number of nitrogens with one attached hydrogen (secondary N) is 1. The fourth-order valence-corrected chi connectivity index (χ4v) is 2.46. The minimum atomic E-state index is 0.0476. The van der Waals surface area contributed by atoms with Crippen molar-refractivity contribution in [1.82, 2.24) is 10.3 Å². The third-order valence-corrected chi connectivity index (χ3v) is 4.07. The summed E-state index contributed by atoms with van der Waals surface area (Å²) in [4.78, 5) is 5.56. The van der Waals surface area contributed by atoms with Crippen molar-refractivity contribution >= 4 is 11.3 Å². The smallest absolute Gasteiger partial charge is 0.0897 e. The van der Waals surface area contributed by atoms with E-state index in [-0.39, 0.29) is 12.0 Å². The van der Waals surface area contributed by atoms with E-state index in [4.69, 9.17) is 5.11 Å². The predicted molar refractivity (Wildman–Crippen MR) is 73.4 cm³/mol. The lowest BCUT2D eigenvalue weighted by Gasteiger charge is -2.21. The zero-order valence-electron chi connectivity index (χ0n) is 11.3. The maximum absolute atomic E-state index is 9.16. The fourth-order valence-electron chi connectivity index (χ4n) is 1.64. The van der Waals surface area contributed by atoms with Crippen LogP contribution in [-0.2, 0) is 0 Å². The molecule has 4 heteroatoms. The molecule has 1 rings (SSSR count). The molecule has 0 aliphatic heterocycles. The summed E-state index contributed by atoms with van der Waals surface area (Å²) in [7, 11) is 0.